The van der Waals surface area contributed by atoms with Gasteiger partial charge in [0.25, 0.3) is 0 Å². The molecule has 21 heavy (non-hydrogen) atoms. The molecule has 6 heteroatoms. The number of likely N-dealkylation sites (tertiary alicyclic amines) is 1. The van der Waals surface area contributed by atoms with Crippen LogP contribution in [0.25, 0.3) is 0 Å². The quantitative estimate of drug-likeness (QED) is 0.911. The maximum absolute atomic E-state index is 12.3. The summed E-state index contributed by atoms with van der Waals surface area (Å²) in [5.74, 6) is 0.147. The zero-order valence-corrected chi connectivity index (χ0v) is 12.6. The third kappa shape index (κ3) is 3.26. The molecule has 1 spiro atoms. The second-order valence-corrected chi connectivity index (χ2v) is 6.55. The third-order valence-electron chi connectivity index (χ3n) is 5.18. The predicted octanol–water partition coefficient (Wildman–Crippen LogP) is 1.31. The van der Waals surface area contributed by atoms with Gasteiger partial charge in [0.1, 0.15) is 6.54 Å². The van der Waals surface area contributed by atoms with Crippen molar-refractivity contribution in [3.8, 4) is 0 Å². The van der Waals surface area contributed by atoms with Crippen molar-refractivity contribution in [2.75, 3.05) is 13.1 Å². The van der Waals surface area contributed by atoms with E-state index in [0.29, 0.717) is 12.0 Å². The van der Waals surface area contributed by atoms with Crippen molar-refractivity contribution in [1.29, 1.82) is 0 Å². The van der Waals surface area contributed by atoms with Gasteiger partial charge in [0, 0.05) is 19.6 Å². The molecule has 1 aliphatic heterocycles. The highest BCUT2D eigenvalue weighted by atomic mass is 16.2. The van der Waals surface area contributed by atoms with Gasteiger partial charge in [0.2, 0.25) is 5.91 Å². The number of piperidine rings is 1. The van der Waals surface area contributed by atoms with Crippen molar-refractivity contribution < 1.29 is 4.79 Å². The van der Waals surface area contributed by atoms with Gasteiger partial charge in [-0.05, 0) is 31.1 Å². The Morgan fingerprint density at radius 1 is 1.19 bits per heavy atom. The van der Waals surface area contributed by atoms with Crippen LogP contribution in [0.1, 0.15) is 50.6 Å². The molecule has 2 heterocycles. The molecule has 1 aromatic rings. The highest BCUT2D eigenvalue weighted by Gasteiger charge is 2.36. The van der Waals surface area contributed by atoms with E-state index >= 15 is 0 Å². The summed E-state index contributed by atoms with van der Waals surface area (Å²) in [5.41, 5.74) is 6.77. The van der Waals surface area contributed by atoms with E-state index in [-0.39, 0.29) is 12.5 Å². The lowest BCUT2D eigenvalue weighted by molar-refractivity contribution is -0.134. The number of aromatic nitrogens is 3. The van der Waals surface area contributed by atoms with Crippen molar-refractivity contribution in [1.82, 2.24) is 19.9 Å². The standard InChI is InChI=1S/C15H25N5O/c16-10-13-11-20(18-17-13)12-14(21)19-8-6-15(7-9-19)4-2-1-3-5-15/h11H,1-10,12,16H2. The van der Waals surface area contributed by atoms with Crippen LogP contribution in [0.15, 0.2) is 6.20 Å². The lowest BCUT2D eigenvalue weighted by Gasteiger charge is -2.44. The predicted molar refractivity (Wildman–Crippen MR) is 79.2 cm³/mol. The van der Waals surface area contributed by atoms with Gasteiger partial charge >= 0.3 is 0 Å². The first-order valence-corrected chi connectivity index (χ1v) is 8.08. The summed E-state index contributed by atoms with van der Waals surface area (Å²) in [6.45, 7) is 2.44. The van der Waals surface area contributed by atoms with Gasteiger partial charge in [-0.3, -0.25) is 4.79 Å². The van der Waals surface area contributed by atoms with Crippen LogP contribution in [0.2, 0.25) is 0 Å². The fourth-order valence-electron chi connectivity index (χ4n) is 3.78. The second-order valence-electron chi connectivity index (χ2n) is 6.55. The summed E-state index contributed by atoms with van der Waals surface area (Å²) in [5, 5.41) is 7.86. The van der Waals surface area contributed by atoms with E-state index in [2.05, 4.69) is 10.3 Å². The fourth-order valence-corrected chi connectivity index (χ4v) is 3.78. The van der Waals surface area contributed by atoms with Gasteiger partial charge < -0.3 is 10.6 Å². The van der Waals surface area contributed by atoms with Crippen LogP contribution < -0.4 is 5.73 Å². The van der Waals surface area contributed by atoms with Gasteiger partial charge in [-0.25, -0.2) is 4.68 Å². The van der Waals surface area contributed by atoms with Crippen molar-refractivity contribution in [3.63, 3.8) is 0 Å². The average Bonchev–Trinajstić information content (AvgIpc) is 2.96. The molecule has 1 amide bonds. The maximum Gasteiger partial charge on any atom is 0.244 e. The molecule has 2 N–H and O–H groups in total. The molecule has 0 unspecified atom stereocenters. The molecule has 1 aromatic heterocycles. The Balaban J connectivity index is 1.52. The Bertz CT molecular complexity index is 482. The van der Waals surface area contributed by atoms with Crippen LogP contribution >= 0.6 is 0 Å². The molecule has 3 rings (SSSR count). The Labute approximate surface area is 125 Å². The van der Waals surface area contributed by atoms with E-state index in [9.17, 15) is 4.79 Å². The molecule has 1 aliphatic carbocycles. The highest BCUT2D eigenvalue weighted by Crippen LogP contribution is 2.44. The Hall–Kier alpha value is -1.43. The van der Waals surface area contributed by atoms with Gasteiger partial charge in [-0.2, -0.15) is 0 Å². The fraction of sp³-hybridized carbons (Fsp3) is 0.800. The van der Waals surface area contributed by atoms with Gasteiger partial charge in [-0.1, -0.05) is 24.5 Å². The number of nitrogens with two attached hydrogens (primary N) is 1. The molecule has 0 aromatic carbocycles. The Morgan fingerprint density at radius 2 is 1.90 bits per heavy atom. The Kier molecular flexibility index (Phi) is 4.24. The molecule has 0 radical (unpaired) electrons. The monoisotopic (exact) mass is 291 g/mol. The summed E-state index contributed by atoms with van der Waals surface area (Å²) in [6.07, 6.45) is 10.9. The molecule has 0 atom stereocenters. The zero-order chi connectivity index (χ0) is 14.7. The summed E-state index contributed by atoms with van der Waals surface area (Å²) in [7, 11) is 0. The summed E-state index contributed by atoms with van der Waals surface area (Å²) < 4.78 is 1.59. The molecule has 0 bridgehead atoms. The number of amides is 1. The zero-order valence-electron chi connectivity index (χ0n) is 12.6. The molecular formula is C15H25N5O. The van der Waals surface area contributed by atoms with E-state index in [4.69, 9.17) is 5.73 Å². The van der Waals surface area contributed by atoms with E-state index in [1.165, 1.54) is 44.9 Å². The first-order valence-electron chi connectivity index (χ1n) is 8.08. The topological polar surface area (TPSA) is 77.0 Å². The first kappa shape index (κ1) is 14.5. The smallest absolute Gasteiger partial charge is 0.244 e. The number of nitrogens with zero attached hydrogens (tertiary/aromatic N) is 4. The van der Waals surface area contributed by atoms with Crippen LogP contribution in [0.4, 0.5) is 0 Å². The number of hydrogen-bond acceptors (Lipinski definition) is 4. The maximum atomic E-state index is 12.3. The molecule has 2 aliphatic rings. The minimum Gasteiger partial charge on any atom is -0.341 e. The van der Waals surface area contributed by atoms with Crippen molar-refractivity contribution in [3.05, 3.63) is 11.9 Å². The van der Waals surface area contributed by atoms with Crippen LogP contribution in [-0.4, -0.2) is 38.9 Å². The van der Waals surface area contributed by atoms with Gasteiger partial charge in [0.05, 0.1) is 11.9 Å². The summed E-state index contributed by atoms with van der Waals surface area (Å²) in [4.78, 5) is 14.3. The largest absolute Gasteiger partial charge is 0.341 e. The normalized spacial score (nSPS) is 21.7. The van der Waals surface area contributed by atoms with Crippen LogP contribution in [-0.2, 0) is 17.9 Å². The van der Waals surface area contributed by atoms with E-state index in [1.807, 2.05) is 4.90 Å². The van der Waals surface area contributed by atoms with Crippen molar-refractivity contribution >= 4 is 5.91 Å². The van der Waals surface area contributed by atoms with E-state index < -0.39 is 0 Å². The highest BCUT2D eigenvalue weighted by molar-refractivity contribution is 5.76. The minimum absolute atomic E-state index is 0.147. The number of carbonyl (C=O) groups excluding carboxylic acids is 1. The molecule has 1 saturated carbocycles. The Morgan fingerprint density at radius 3 is 2.52 bits per heavy atom. The van der Waals surface area contributed by atoms with Gasteiger partial charge in [0.15, 0.2) is 0 Å². The van der Waals surface area contributed by atoms with Crippen LogP contribution in [0.5, 0.6) is 0 Å². The van der Waals surface area contributed by atoms with Crippen molar-refractivity contribution in [2.45, 2.75) is 58.0 Å². The summed E-state index contributed by atoms with van der Waals surface area (Å²) in [6, 6.07) is 0. The minimum atomic E-state index is 0.147. The molecule has 6 nitrogen and oxygen atoms in total. The number of rotatable bonds is 3. The van der Waals surface area contributed by atoms with Crippen LogP contribution in [0.3, 0.4) is 0 Å². The van der Waals surface area contributed by atoms with Crippen molar-refractivity contribution in [2.24, 2.45) is 11.1 Å². The van der Waals surface area contributed by atoms with E-state index in [1.54, 1.807) is 10.9 Å². The molecule has 2 fully saturated rings. The SMILES string of the molecule is NCc1cn(CC(=O)N2CCC3(CCCCC3)CC2)nn1. The van der Waals surface area contributed by atoms with E-state index in [0.717, 1.165) is 18.8 Å². The summed E-state index contributed by atoms with van der Waals surface area (Å²) >= 11 is 0. The average molecular weight is 291 g/mol. The third-order valence-corrected chi connectivity index (χ3v) is 5.18. The lowest BCUT2D eigenvalue weighted by Crippen LogP contribution is -2.45. The molecular weight excluding hydrogens is 266 g/mol. The number of carbonyl (C=O) groups is 1. The van der Waals surface area contributed by atoms with Crippen LogP contribution in [0, 0.1) is 5.41 Å². The first-order chi connectivity index (χ1) is 10.2. The van der Waals surface area contributed by atoms with Gasteiger partial charge in [-0.15, -0.1) is 5.10 Å². The molecule has 1 saturated heterocycles. The second kappa shape index (κ2) is 6.13. The lowest BCUT2D eigenvalue weighted by atomic mass is 9.68. The number of hydrogen-bond donors (Lipinski definition) is 1. The molecule has 116 valence electrons.